The van der Waals surface area contributed by atoms with Crippen LogP contribution < -0.4 is 20.7 Å². The molecule has 0 amide bonds. The van der Waals surface area contributed by atoms with Crippen LogP contribution in [-0.2, 0) is 10.7 Å². The molecule has 0 spiro atoms. The van der Waals surface area contributed by atoms with Crippen LogP contribution >= 0.6 is 6.83 Å². The Labute approximate surface area is 185 Å². The summed E-state index contributed by atoms with van der Waals surface area (Å²) in [5.74, 6) is 0.883. The van der Waals surface area contributed by atoms with Crippen LogP contribution in [0.25, 0.3) is 0 Å². The number of ether oxygens (including phenoxy) is 1. The summed E-state index contributed by atoms with van der Waals surface area (Å²) < 4.78 is 13.1. The average Bonchev–Trinajstić information content (AvgIpc) is 2.85. The van der Waals surface area contributed by atoms with Crippen molar-refractivity contribution in [1.29, 1.82) is 0 Å². The summed E-state index contributed by atoms with van der Waals surface area (Å²) >= 11 is 0. The molecule has 0 aromatic heterocycles. The first kappa shape index (κ1) is 21.3. The maximum atomic E-state index is 6.93. The van der Waals surface area contributed by atoms with Crippen molar-refractivity contribution in [3.63, 3.8) is 0 Å². The van der Waals surface area contributed by atoms with Crippen LogP contribution in [0.4, 0.5) is 0 Å². The Morgan fingerprint density at radius 1 is 0.613 bits per heavy atom. The van der Waals surface area contributed by atoms with E-state index in [-0.39, 0.29) is 0 Å². The summed E-state index contributed by atoms with van der Waals surface area (Å²) in [4.78, 5) is 0. The van der Waals surface area contributed by atoms with E-state index >= 15 is 0 Å². The van der Waals surface area contributed by atoms with Gasteiger partial charge in [0.25, 0.3) is 0 Å². The third kappa shape index (κ3) is 3.57. The number of para-hydroxylation sites is 1. The predicted octanol–water partition coefficient (Wildman–Crippen LogP) is 5.68. The molecule has 4 rings (SSSR count). The van der Waals surface area contributed by atoms with Gasteiger partial charge in [-0.2, -0.15) is 0 Å². The van der Waals surface area contributed by atoms with Crippen LogP contribution in [0, 0.1) is 0 Å². The van der Waals surface area contributed by atoms with Crippen LogP contribution in [0.15, 0.2) is 115 Å². The van der Waals surface area contributed by atoms with Gasteiger partial charge in [-0.15, -0.1) is 0 Å². The normalized spacial score (nSPS) is 12.6. The molecule has 0 saturated carbocycles. The van der Waals surface area contributed by atoms with Crippen molar-refractivity contribution in [2.45, 2.75) is 13.1 Å². The van der Waals surface area contributed by atoms with Crippen LogP contribution in [0.2, 0.25) is 0 Å². The molecule has 0 saturated heterocycles. The average molecular weight is 429 g/mol. The molecule has 31 heavy (non-hydrogen) atoms. The minimum absolute atomic E-state index is 0.599. The standard InChI is InChI=1S/C28H29O2P/c1-3-30-27-21-13-14-22-28(27)31(29-2,25-17-9-5-10-18-25,26-19-11-6-12-20-26)23-24-15-7-4-8-16-24/h4-22H,3,23H2,1-2H3. The van der Waals surface area contributed by atoms with Gasteiger partial charge in [0.15, 0.2) is 0 Å². The Hall–Kier alpha value is -2.93. The fourth-order valence-corrected chi connectivity index (χ4v) is 10.3. The van der Waals surface area contributed by atoms with Crippen molar-refractivity contribution in [2.24, 2.45) is 0 Å². The molecule has 0 atom stereocenters. The van der Waals surface area contributed by atoms with Gasteiger partial charge in [0, 0.05) is 0 Å². The maximum absolute atomic E-state index is 6.93. The van der Waals surface area contributed by atoms with Gasteiger partial charge in [-0.05, 0) is 0 Å². The summed E-state index contributed by atoms with van der Waals surface area (Å²) in [6, 6.07) is 40.4. The summed E-state index contributed by atoms with van der Waals surface area (Å²) in [5, 5.41) is 3.51. The quantitative estimate of drug-likeness (QED) is 0.336. The fourth-order valence-electron chi connectivity index (χ4n) is 4.61. The third-order valence-corrected chi connectivity index (χ3v) is 12.0. The molecule has 0 bridgehead atoms. The van der Waals surface area contributed by atoms with E-state index in [9.17, 15) is 0 Å². The fraction of sp³-hybridized carbons (Fsp3) is 0.143. The summed E-state index contributed by atoms with van der Waals surface area (Å²) in [7, 11) is 1.86. The molecule has 0 radical (unpaired) electrons. The van der Waals surface area contributed by atoms with E-state index in [4.69, 9.17) is 9.26 Å². The summed E-state index contributed by atoms with van der Waals surface area (Å²) in [6.07, 6.45) is 0.751. The van der Waals surface area contributed by atoms with Crippen molar-refractivity contribution in [2.75, 3.05) is 13.7 Å². The van der Waals surface area contributed by atoms with E-state index < -0.39 is 6.83 Å². The molecule has 0 unspecified atom stereocenters. The van der Waals surface area contributed by atoms with Gasteiger partial charge >= 0.3 is 185 Å². The van der Waals surface area contributed by atoms with Crippen molar-refractivity contribution in [1.82, 2.24) is 0 Å². The van der Waals surface area contributed by atoms with E-state index in [0.717, 1.165) is 17.2 Å². The minimum atomic E-state index is -3.42. The molecule has 4 aromatic rings. The van der Waals surface area contributed by atoms with Crippen molar-refractivity contribution >= 4 is 22.7 Å². The molecule has 158 valence electrons. The van der Waals surface area contributed by atoms with E-state index in [2.05, 4.69) is 109 Å². The number of benzene rings is 4. The Balaban J connectivity index is 2.18. The molecule has 0 aliphatic carbocycles. The zero-order chi connectivity index (χ0) is 21.6. The second-order valence-corrected chi connectivity index (χ2v) is 12.2. The third-order valence-electron chi connectivity index (χ3n) is 6.01. The molecule has 0 heterocycles. The Morgan fingerprint density at radius 3 is 1.61 bits per heavy atom. The molecule has 0 N–H and O–H groups in total. The number of hydrogen-bond acceptors (Lipinski definition) is 2. The van der Waals surface area contributed by atoms with E-state index in [1.807, 2.05) is 20.1 Å². The Kier molecular flexibility index (Phi) is 6.23. The van der Waals surface area contributed by atoms with E-state index in [0.29, 0.717) is 6.61 Å². The Bertz CT molecular complexity index is 1070. The van der Waals surface area contributed by atoms with Crippen molar-refractivity contribution in [3.05, 3.63) is 121 Å². The monoisotopic (exact) mass is 428 g/mol. The predicted molar refractivity (Wildman–Crippen MR) is 133 cm³/mol. The van der Waals surface area contributed by atoms with Crippen LogP contribution in [0.1, 0.15) is 12.5 Å². The first-order chi connectivity index (χ1) is 15.2. The van der Waals surface area contributed by atoms with Gasteiger partial charge in [-0.1, -0.05) is 0 Å². The van der Waals surface area contributed by atoms with Gasteiger partial charge in [0.2, 0.25) is 0 Å². The molecule has 0 aliphatic heterocycles. The van der Waals surface area contributed by atoms with Crippen molar-refractivity contribution in [3.8, 4) is 5.75 Å². The number of rotatable bonds is 8. The van der Waals surface area contributed by atoms with Gasteiger partial charge in [0.1, 0.15) is 0 Å². The van der Waals surface area contributed by atoms with Gasteiger partial charge in [-0.25, -0.2) is 0 Å². The van der Waals surface area contributed by atoms with E-state index in [1.54, 1.807) is 0 Å². The second-order valence-electron chi connectivity index (χ2n) is 7.61. The van der Waals surface area contributed by atoms with Gasteiger partial charge in [0.05, 0.1) is 0 Å². The zero-order valence-electron chi connectivity index (χ0n) is 18.1. The van der Waals surface area contributed by atoms with E-state index in [1.165, 1.54) is 16.2 Å². The first-order valence-corrected chi connectivity index (χ1v) is 13.0. The topological polar surface area (TPSA) is 18.5 Å². The second kappa shape index (κ2) is 9.06. The SMILES string of the molecule is CCOc1ccccc1P(Cc1ccccc1)(OC)(c1ccccc1)c1ccccc1. The molecule has 2 nitrogen and oxygen atoms in total. The summed E-state index contributed by atoms with van der Waals surface area (Å²) in [6.45, 7) is -0.790. The molecule has 0 fully saturated rings. The molecule has 4 aromatic carbocycles. The Morgan fingerprint density at radius 2 is 1.10 bits per heavy atom. The van der Waals surface area contributed by atoms with Crippen LogP contribution in [-0.4, -0.2) is 13.7 Å². The molecule has 0 aliphatic rings. The van der Waals surface area contributed by atoms with Crippen LogP contribution in [0.3, 0.4) is 0 Å². The van der Waals surface area contributed by atoms with Crippen LogP contribution in [0.5, 0.6) is 5.75 Å². The van der Waals surface area contributed by atoms with Gasteiger partial charge in [-0.3, -0.25) is 0 Å². The molecule has 3 heteroatoms. The molecular formula is C28H29O2P. The molecular weight excluding hydrogens is 399 g/mol. The first-order valence-electron chi connectivity index (χ1n) is 10.7. The number of hydrogen-bond donors (Lipinski definition) is 0. The van der Waals surface area contributed by atoms with Crippen molar-refractivity contribution < 1.29 is 9.26 Å². The van der Waals surface area contributed by atoms with Gasteiger partial charge < -0.3 is 0 Å². The zero-order valence-corrected chi connectivity index (χ0v) is 19.0. The summed E-state index contributed by atoms with van der Waals surface area (Å²) in [5.41, 5.74) is 1.24.